The Kier molecular flexibility index (Phi) is 7.23. The van der Waals surface area contributed by atoms with Crippen molar-refractivity contribution in [3.63, 3.8) is 0 Å². The lowest BCUT2D eigenvalue weighted by molar-refractivity contribution is -0.139. The number of likely N-dealkylation sites (tertiary alicyclic amines) is 1. The second-order valence-corrected chi connectivity index (χ2v) is 11.6. The van der Waals surface area contributed by atoms with E-state index in [1.54, 1.807) is 24.3 Å². The van der Waals surface area contributed by atoms with E-state index in [-0.39, 0.29) is 14.2 Å². The second-order valence-electron chi connectivity index (χ2n) is 8.09. The highest BCUT2D eigenvalue weighted by Crippen LogP contribution is 2.41. The van der Waals surface area contributed by atoms with Gasteiger partial charge >= 0.3 is 6.18 Å². The predicted octanol–water partition coefficient (Wildman–Crippen LogP) is 5.98. The summed E-state index contributed by atoms with van der Waals surface area (Å²) in [5, 5.41) is 0. The maximum absolute atomic E-state index is 13.5. The van der Waals surface area contributed by atoms with Crippen LogP contribution in [0.25, 0.3) is 11.1 Å². The molecule has 1 unspecified atom stereocenters. The number of anilines is 1. The Balaban J connectivity index is 1.61. The summed E-state index contributed by atoms with van der Waals surface area (Å²) in [5.74, 6) is 0.223. The van der Waals surface area contributed by atoms with Crippen LogP contribution in [0.1, 0.15) is 12.0 Å². The highest BCUT2D eigenvalue weighted by Gasteiger charge is 2.36. The van der Waals surface area contributed by atoms with Crippen LogP contribution >= 0.6 is 22.9 Å². The Bertz CT molecular complexity index is 1310. The number of hydrogen-bond donors (Lipinski definition) is 1. The molecule has 1 aliphatic rings. The van der Waals surface area contributed by atoms with Gasteiger partial charge in [0.05, 0.1) is 18.4 Å². The Morgan fingerprint density at radius 3 is 2.46 bits per heavy atom. The van der Waals surface area contributed by atoms with Crippen LogP contribution in [0.5, 0.6) is 11.5 Å². The summed E-state index contributed by atoms with van der Waals surface area (Å²) in [5.41, 5.74) is 0.201. The average molecular weight is 547 g/mol. The molecule has 6 nitrogen and oxygen atoms in total. The third-order valence-corrected chi connectivity index (χ3v) is 8.72. The maximum Gasteiger partial charge on any atom is 0.419 e. The maximum atomic E-state index is 13.5. The lowest BCUT2D eigenvalue weighted by Crippen LogP contribution is -2.23. The summed E-state index contributed by atoms with van der Waals surface area (Å²) in [4.78, 5) is 1.95. The Hall–Kier alpha value is -2.47. The van der Waals surface area contributed by atoms with Gasteiger partial charge in [-0.3, -0.25) is 4.72 Å². The Labute approximate surface area is 210 Å². The molecule has 0 bridgehead atoms. The highest BCUT2D eigenvalue weighted by molar-refractivity contribution is 7.94. The highest BCUT2D eigenvalue weighted by atomic mass is 35.5. The van der Waals surface area contributed by atoms with Crippen LogP contribution in [0.2, 0.25) is 4.34 Å². The van der Waals surface area contributed by atoms with Crippen LogP contribution in [-0.2, 0) is 16.2 Å². The fourth-order valence-electron chi connectivity index (χ4n) is 3.74. The van der Waals surface area contributed by atoms with Crippen molar-refractivity contribution in [2.24, 2.45) is 0 Å². The number of thiophene rings is 1. The first-order valence-corrected chi connectivity index (χ1v) is 13.2. The Morgan fingerprint density at radius 2 is 1.86 bits per heavy atom. The monoisotopic (exact) mass is 546 g/mol. The second kappa shape index (κ2) is 9.88. The molecule has 12 heteroatoms. The predicted molar refractivity (Wildman–Crippen MR) is 130 cm³/mol. The molecule has 188 valence electrons. The van der Waals surface area contributed by atoms with Gasteiger partial charge in [0.1, 0.15) is 26.1 Å². The van der Waals surface area contributed by atoms with E-state index in [9.17, 15) is 21.6 Å². The molecule has 35 heavy (non-hydrogen) atoms. The van der Waals surface area contributed by atoms with Gasteiger partial charge in [0.15, 0.2) is 0 Å². The third-order valence-electron chi connectivity index (χ3n) is 5.51. The first-order chi connectivity index (χ1) is 16.5. The number of ether oxygens (including phenoxy) is 2. The molecule has 1 aromatic heterocycles. The van der Waals surface area contributed by atoms with Crippen molar-refractivity contribution in [3.8, 4) is 22.6 Å². The Morgan fingerprint density at radius 1 is 1.14 bits per heavy atom. The van der Waals surface area contributed by atoms with E-state index in [4.69, 9.17) is 21.1 Å². The molecule has 0 spiro atoms. The SMILES string of the molecule is COc1ccc(-c2cc(S(=O)(=O)Nc3ccc(C(F)(F)F)c(OC4CCN(C)C4)c3)sc2Cl)cc1. The molecule has 2 heterocycles. The van der Waals surface area contributed by atoms with E-state index in [2.05, 4.69) is 4.72 Å². The summed E-state index contributed by atoms with van der Waals surface area (Å²) in [6.07, 6.45) is -4.49. The molecule has 0 radical (unpaired) electrons. The standard InChI is InChI=1S/C23H22ClF3N2O4S2/c1-29-10-9-17(13-29)33-20-11-15(5-8-19(20)23(25,26)27)28-35(30,31)21-12-18(22(24)34-21)14-3-6-16(32-2)7-4-14/h3-8,11-12,17,28H,9-10,13H2,1-2H3. The fourth-order valence-corrected chi connectivity index (χ4v) is 6.56. The van der Waals surface area contributed by atoms with Gasteiger partial charge in [-0.25, -0.2) is 8.42 Å². The van der Waals surface area contributed by atoms with Gasteiger partial charge in [0.2, 0.25) is 0 Å². The summed E-state index contributed by atoms with van der Waals surface area (Å²) < 4.78 is 80.0. The first-order valence-electron chi connectivity index (χ1n) is 10.5. The molecule has 1 atom stereocenters. The summed E-state index contributed by atoms with van der Waals surface area (Å²) >= 11 is 7.16. The summed E-state index contributed by atoms with van der Waals surface area (Å²) in [6.45, 7) is 1.18. The van der Waals surface area contributed by atoms with Gasteiger partial charge in [0.25, 0.3) is 10.0 Å². The van der Waals surface area contributed by atoms with Crippen molar-refractivity contribution in [2.75, 3.05) is 32.0 Å². The number of benzene rings is 2. The van der Waals surface area contributed by atoms with Crippen molar-refractivity contribution >= 4 is 38.6 Å². The van der Waals surface area contributed by atoms with Crippen LogP contribution < -0.4 is 14.2 Å². The van der Waals surface area contributed by atoms with E-state index in [0.29, 0.717) is 36.4 Å². The smallest absolute Gasteiger partial charge is 0.419 e. The number of halogens is 4. The van der Waals surface area contributed by atoms with Crippen LogP contribution in [0.4, 0.5) is 18.9 Å². The molecule has 3 aromatic rings. The van der Waals surface area contributed by atoms with Crippen LogP contribution in [-0.4, -0.2) is 46.7 Å². The molecule has 0 aliphatic carbocycles. The minimum absolute atomic E-state index is 0.0464. The van der Waals surface area contributed by atoms with Gasteiger partial charge in [-0.05, 0) is 49.4 Å². The van der Waals surface area contributed by atoms with Gasteiger partial charge in [-0.15, -0.1) is 11.3 Å². The van der Waals surface area contributed by atoms with E-state index < -0.39 is 33.6 Å². The summed E-state index contributed by atoms with van der Waals surface area (Å²) in [7, 11) is -0.736. The van der Waals surface area contributed by atoms with Crippen molar-refractivity contribution in [1.82, 2.24) is 4.90 Å². The lowest BCUT2D eigenvalue weighted by Gasteiger charge is -2.19. The normalized spacial score (nSPS) is 16.9. The molecule has 2 aromatic carbocycles. The molecule has 4 rings (SSSR count). The number of nitrogens with zero attached hydrogens (tertiary/aromatic N) is 1. The molecular weight excluding hydrogens is 525 g/mol. The number of rotatable bonds is 7. The number of alkyl halides is 3. The zero-order valence-electron chi connectivity index (χ0n) is 18.7. The molecule has 1 fully saturated rings. The van der Waals surface area contributed by atoms with Gasteiger partial charge in [0, 0.05) is 24.7 Å². The topological polar surface area (TPSA) is 67.9 Å². The van der Waals surface area contributed by atoms with Crippen LogP contribution in [0.15, 0.2) is 52.7 Å². The third kappa shape index (κ3) is 5.85. The molecule has 0 saturated carbocycles. The number of sulfonamides is 1. The summed E-state index contributed by atoms with van der Waals surface area (Å²) in [6, 6.07) is 11.3. The first kappa shape index (κ1) is 25.6. The van der Waals surface area contributed by atoms with Gasteiger partial charge < -0.3 is 14.4 Å². The van der Waals surface area contributed by atoms with Crippen LogP contribution in [0, 0.1) is 0 Å². The lowest BCUT2D eigenvalue weighted by atomic mass is 10.1. The number of likely N-dealkylation sites (N-methyl/N-ethyl adjacent to an activating group) is 1. The molecule has 1 saturated heterocycles. The zero-order valence-corrected chi connectivity index (χ0v) is 21.1. The van der Waals surface area contributed by atoms with Crippen molar-refractivity contribution in [3.05, 3.63) is 58.4 Å². The van der Waals surface area contributed by atoms with E-state index in [1.807, 2.05) is 11.9 Å². The number of nitrogens with one attached hydrogen (secondary N) is 1. The number of hydrogen-bond acceptors (Lipinski definition) is 6. The van der Waals surface area contributed by atoms with Crippen molar-refractivity contribution in [2.45, 2.75) is 22.9 Å². The molecule has 0 amide bonds. The molecule has 1 N–H and O–H groups in total. The molecule has 1 aliphatic heterocycles. The quantitative estimate of drug-likeness (QED) is 0.395. The minimum Gasteiger partial charge on any atom is -0.497 e. The van der Waals surface area contributed by atoms with Gasteiger partial charge in [-0.1, -0.05) is 23.7 Å². The largest absolute Gasteiger partial charge is 0.497 e. The van der Waals surface area contributed by atoms with Gasteiger partial charge in [-0.2, -0.15) is 13.2 Å². The minimum atomic E-state index is -4.65. The fraction of sp³-hybridized carbons (Fsp3) is 0.304. The van der Waals surface area contributed by atoms with Crippen LogP contribution in [0.3, 0.4) is 0 Å². The number of methoxy groups -OCH3 is 1. The van der Waals surface area contributed by atoms with Crippen molar-refractivity contribution in [1.29, 1.82) is 0 Å². The van der Waals surface area contributed by atoms with E-state index in [0.717, 1.165) is 29.5 Å². The van der Waals surface area contributed by atoms with E-state index >= 15 is 0 Å². The average Bonchev–Trinajstić information content (AvgIpc) is 3.38. The zero-order chi connectivity index (χ0) is 25.4. The molecular formula is C23H22ClF3N2O4S2. The van der Waals surface area contributed by atoms with E-state index in [1.165, 1.54) is 13.2 Å². The van der Waals surface area contributed by atoms with Crippen molar-refractivity contribution < 1.29 is 31.1 Å².